The number of halogens is 1. The molecule has 2 saturated heterocycles. The molecular formula is C16H23ClN2O. The second-order valence-corrected chi connectivity index (χ2v) is 5.74. The van der Waals surface area contributed by atoms with Crippen molar-refractivity contribution >= 4 is 24.0 Å². The van der Waals surface area contributed by atoms with E-state index in [1.54, 1.807) is 0 Å². The van der Waals surface area contributed by atoms with Crippen molar-refractivity contribution in [1.29, 1.82) is 0 Å². The summed E-state index contributed by atoms with van der Waals surface area (Å²) in [6.45, 7) is 4.34. The maximum absolute atomic E-state index is 12.7. The number of rotatable bonds is 2. The van der Waals surface area contributed by atoms with Gasteiger partial charge in [-0.2, -0.15) is 0 Å². The van der Waals surface area contributed by atoms with Gasteiger partial charge in [0.2, 0.25) is 5.91 Å². The maximum Gasteiger partial charge on any atom is 0.244 e. The van der Waals surface area contributed by atoms with Crippen LogP contribution in [0.2, 0.25) is 0 Å². The lowest BCUT2D eigenvalue weighted by Gasteiger charge is -2.31. The number of para-hydroxylation sites is 1. The van der Waals surface area contributed by atoms with E-state index in [9.17, 15) is 4.79 Å². The third-order valence-corrected chi connectivity index (χ3v) is 4.39. The summed E-state index contributed by atoms with van der Waals surface area (Å²) in [7, 11) is 0. The predicted octanol–water partition coefficient (Wildman–Crippen LogP) is 3.09. The van der Waals surface area contributed by atoms with E-state index in [1.165, 1.54) is 19.3 Å². The largest absolute Gasteiger partial charge is 0.308 e. The van der Waals surface area contributed by atoms with Crippen molar-refractivity contribution in [3.05, 3.63) is 30.3 Å². The molecule has 2 atom stereocenters. The second kappa shape index (κ2) is 6.59. The van der Waals surface area contributed by atoms with Gasteiger partial charge in [0.05, 0.1) is 6.04 Å². The summed E-state index contributed by atoms with van der Waals surface area (Å²) in [5.41, 5.74) is 1.04. The van der Waals surface area contributed by atoms with Gasteiger partial charge in [0.1, 0.15) is 0 Å². The standard InChI is InChI=1S/C16H22N2O.ClH/c1-13-12-15(17-10-6-3-7-11-17)16(19)18(13)14-8-4-2-5-9-14;/h2,4-5,8-9,13,15H,3,6-7,10-12H2,1H3;1H/t13-,15+;/m1./s1. The normalized spacial score (nSPS) is 27.4. The fourth-order valence-corrected chi connectivity index (χ4v) is 3.41. The highest BCUT2D eigenvalue weighted by Crippen LogP contribution is 2.30. The van der Waals surface area contributed by atoms with E-state index in [1.807, 2.05) is 35.2 Å². The van der Waals surface area contributed by atoms with Gasteiger partial charge in [-0.25, -0.2) is 0 Å². The molecule has 1 amide bonds. The Kier molecular flexibility index (Phi) is 5.06. The number of carbonyl (C=O) groups is 1. The van der Waals surface area contributed by atoms with Gasteiger partial charge in [-0.1, -0.05) is 24.6 Å². The van der Waals surface area contributed by atoms with E-state index < -0.39 is 0 Å². The van der Waals surface area contributed by atoms with Crippen molar-refractivity contribution in [3.8, 4) is 0 Å². The van der Waals surface area contributed by atoms with Crippen molar-refractivity contribution in [1.82, 2.24) is 4.90 Å². The lowest BCUT2D eigenvalue weighted by atomic mass is 10.1. The van der Waals surface area contributed by atoms with Gasteiger partial charge in [0, 0.05) is 11.7 Å². The molecule has 1 aromatic carbocycles. The molecule has 0 spiro atoms. The molecule has 2 fully saturated rings. The van der Waals surface area contributed by atoms with Crippen molar-refractivity contribution in [2.24, 2.45) is 0 Å². The van der Waals surface area contributed by atoms with Crippen molar-refractivity contribution in [2.75, 3.05) is 18.0 Å². The first-order chi connectivity index (χ1) is 9.27. The van der Waals surface area contributed by atoms with Gasteiger partial charge < -0.3 is 4.90 Å². The maximum atomic E-state index is 12.7. The molecule has 110 valence electrons. The Balaban J connectivity index is 0.00000147. The highest BCUT2D eigenvalue weighted by Gasteiger charge is 2.41. The van der Waals surface area contributed by atoms with Crippen LogP contribution in [0.25, 0.3) is 0 Å². The summed E-state index contributed by atoms with van der Waals surface area (Å²) >= 11 is 0. The summed E-state index contributed by atoms with van der Waals surface area (Å²) in [5.74, 6) is 0.292. The average molecular weight is 295 g/mol. The minimum absolute atomic E-state index is 0. The highest BCUT2D eigenvalue weighted by molar-refractivity contribution is 6.00. The van der Waals surface area contributed by atoms with Crippen LogP contribution in [0.1, 0.15) is 32.6 Å². The Morgan fingerprint density at radius 1 is 1.05 bits per heavy atom. The number of piperidine rings is 1. The van der Waals surface area contributed by atoms with Gasteiger partial charge in [0.25, 0.3) is 0 Å². The van der Waals surface area contributed by atoms with Gasteiger partial charge >= 0.3 is 0 Å². The van der Waals surface area contributed by atoms with Crippen LogP contribution in [0.3, 0.4) is 0 Å². The molecule has 2 aliphatic heterocycles. The van der Waals surface area contributed by atoms with Crippen LogP contribution < -0.4 is 4.90 Å². The predicted molar refractivity (Wildman–Crippen MR) is 84.5 cm³/mol. The molecule has 20 heavy (non-hydrogen) atoms. The van der Waals surface area contributed by atoms with Crippen LogP contribution in [0, 0.1) is 0 Å². The number of amides is 1. The van der Waals surface area contributed by atoms with Gasteiger partial charge in [0.15, 0.2) is 0 Å². The van der Waals surface area contributed by atoms with E-state index in [0.29, 0.717) is 11.9 Å². The van der Waals surface area contributed by atoms with Crippen LogP contribution in [0.15, 0.2) is 30.3 Å². The molecule has 3 rings (SSSR count). The van der Waals surface area contributed by atoms with E-state index in [0.717, 1.165) is 25.2 Å². The highest BCUT2D eigenvalue weighted by atomic mass is 35.5. The second-order valence-electron chi connectivity index (χ2n) is 5.74. The number of nitrogens with zero attached hydrogens (tertiary/aromatic N) is 2. The van der Waals surface area contributed by atoms with Gasteiger partial charge in [-0.3, -0.25) is 9.69 Å². The van der Waals surface area contributed by atoms with Gasteiger partial charge in [-0.15, -0.1) is 12.4 Å². The Bertz CT molecular complexity index is 445. The Morgan fingerprint density at radius 3 is 2.35 bits per heavy atom. The van der Waals surface area contributed by atoms with E-state index in [-0.39, 0.29) is 18.4 Å². The van der Waals surface area contributed by atoms with Crippen molar-refractivity contribution < 1.29 is 4.79 Å². The fraction of sp³-hybridized carbons (Fsp3) is 0.562. The molecule has 0 N–H and O–H groups in total. The zero-order valence-electron chi connectivity index (χ0n) is 12.0. The number of carbonyl (C=O) groups excluding carboxylic acids is 1. The first-order valence-electron chi connectivity index (χ1n) is 7.39. The first kappa shape index (κ1) is 15.3. The summed E-state index contributed by atoms with van der Waals surface area (Å²) in [6.07, 6.45) is 4.76. The van der Waals surface area contributed by atoms with Crippen molar-refractivity contribution in [2.45, 2.75) is 44.7 Å². The fourth-order valence-electron chi connectivity index (χ4n) is 3.41. The van der Waals surface area contributed by atoms with E-state index in [2.05, 4.69) is 11.8 Å². The minimum atomic E-state index is 0. The first-order valence-corrected chi connectivity index (χ1v) is 7.39. The van der Waals surface area contributed by atoms with Crippen LogP contribution in [-0.2, 0) is 4.79 Å². The molecule has 1 aromatic rings. The summed E-state index contributed by atoms with van der Waals surface area (Å²) in [4.78, 5) is 17.1. The molecule has 0 aromatic heterocycles. The molecule has 3 nitrogen and oxygen atoms in total. The third kappa shape index (κ3) is 2.84. The number of likely N-dealkylation sites (tertiary alicyclic amines) is 1. The molecule has 4 heteroatoms. The van der Waals surface area contributed by atoms with E-state index >= 15 is 0 Å². The lowest BCUT2D eigenvalue weighted by Crippen LogP contribution is -2.44. The summed E-state index contributed by atoms with van der Waals surface area (Å²) < 4.78 is 0. The zero-order chi connectivity index (χ0) is 13.2. The Hall–Kier alpha value is -1.06. The number of hydrogen-bond acceptors (Lipinski definition) is 2. The van der Waals surface area contributed by atoms with Crippen LogP contribution >= 0.6 is 12.4 Å². The Labute approximate surface area is 127 Å². The molecule has 2 heterocycles. The monoisotopic (exact) mass is 294 g/mol. The van der Waals surface area contributed by atoms with Crippen LogP contribution in [-0.4, -0.2) is 36.0 Å². The molecule has 0 aliphatic carbocycles. The number of hydrogen-bond donors (Lipinski definition) is 0. The smallest absolute Gasteiger partial charge is 0.244 e. The van der Waals surface area contributed by atoms with E-state index in [4.69, 9.17) is 0 Å². The number of anilines is 1. The molecule has 0 saturated carbocycles. The van der Waals surface area contributed by atoms with Crippen LogP contribution in [0.5, 0.6) is 0 Å². The molecule has 2 aliphatic rings. The SMILES string of the molecule is C[C@@H]1C[C@H](N2CCCCC2)C(=O)N1c1ccccc1.Cl. The molecular weight excluding hydrogens is 272 g/mol. The minimum Gasteiger partial charge on any atom is -0.308 e. The lowest BCUT2D eigenvalue weighted by molar-refractivity contribution is -0.122. The molecule has 0 radical (unpaired) electrons. The summed E-state index contributed by atoms with van der Waals surface area (Å²) in [6, 6.07) is 10.5. The topological polar surface area (TPSA) is 23.6 Å². The average Bonchev–Trinajstić information content (AvgIpc) is 2.76. The molecule has 0 unspecified atom stereocenters. The summed E-state index contributed by atoms with van der Waals surface area (Å²) in [5, 5.41) is 0. The zero-order valence-corrected chi connectivity index (χ0v) is 12.8. The van der Waals surface area contributed by atoms with Crippen molar-refractivity contribution in [3.63, 3.8) is 0 Å². The third-order valence-electron chi connectivity index (χ3n) is 4.39. The number of benzene rings is 1. The Morgan fingerprint density at radius 2 is 1.70 bits per heavy atom. The quantitative estimate of drug-likeness (QED) is 0.837. The van der Waals surface area contributed by atoms with Crippen LogP contribution in [0.4, 0.5) is 5.69 Å². The molecule has 0 bridgehead atoms. The van der Waals surface area contributed by atoms with Gasteiger partial charge in [-0.05, 0) is 51.4 Å².